The summed E-state index contributed by atoms with van der Waals surface area (Å²) in [5, 5.41) is 9.89. The molecule has 0 aliphatic heterocycles. The second-order valence-corrected chi connectivity index (χ2v) is 8.97. The van der Waals surface area contributed by atoms with Gasteiger partial charge in [-0.1, -0.05) is 0 Å². The average molecular weight is 321 g/mol. The van der Waals surface area contributed by atoms with E-state index < -0.39 is 44.7 Å². The molecule has 0 aliphatic rings. The average Bonchev–Trinajstić information content (AvgIpc) is 2.63. The molecule has 1 aromatic rings. The van der Waals surface area contributed by atoms with Crippen LogP contribution in [0.25, 0.3) is 0 Å². The van der Waals surface area contributed by atoms with Crippen molar-refractivity contribution in [2.75, 3.05) is 11.5 Å². The number of nitro groups is 1. The van der Waals surface area contributed by atoms with Crippen LogP contribution in [0.2, 0.25) is 0 Å². The van der Waals surface area contributed by atoms with Gasteiger partial charge in [0.1, 0.15) is 6.20 Å². The summed E-state index contributed by atoms with van der Waals surface area (Å²) in [5.41, 5.74) is 0. The van der Waals surface area contributed by atoms with Crippen LogP contribution < -0.4 is 0 Å². The monoisotopic (exact) mass is 320 g/mol. The summed E-state index contributed by atoms with van der Waals surface area (Å²) < 4.78 is 43.7. The molecule has 0 N–H and O–H groups in total. The lowest BCUT2D eigenvalue weighted by Crippen LogP contribution is -2.13. The van der Waals surface area contributed by atoms with Gasteiger partial charge in [0.15, 0.2) is 0 Å². The van der Waals surface area contributed by atoms with E-state index in [9.17, 15) is 26.9 Å². The van der Waals surface area contributed by atoms with Gasteiger partial charge >= 0.3 is 5.00 Å². The number of hydrogen-bond donors (Lipinski definition) is 0. The summed E-state index contributed by atoms with van der Waals surface area (Å²) >= 11 is 0.362. The third-order valence-electron chi connectivity index (χ3n) is 1.51. The van der Waals surface area contributed by atoms with Crippen LogP contribution in [-0.4, -0.2) is 38.2 Å². The Kier molecular flexibility index (Phi) is 4.06. The van der Waals surface area contributed by atoms with Crippen molar-refractivity contribution in [2.45, 2.75) is 4.34 Å². The van der Waals surface area contributed by atoms with Crippen LogP contribution in [0.3, 0.4) is 0 Å². The van der Waals surface area contributed by atoms with Gasteiger partial charge in [-0.15, -0.1) is 0 Å². The van der Waals surface area contributed by atoms with Gasteiger partial charge in [0, 0.05) is 10.7 Å². The Morgan fingerprint density at radius 3 is 2.35 bits per heavy atom. The fraction of sp³-hybridized carbons (Fsp3) is 0.400. The first-order valence-corrected chi connectivity index (χ1v) is 8.82. The molecule has 0 saturated heterocycles. The van der Waals surface area contributed by atoms with Crippen molar-refractivity contribution in [3.8, 4) is 0 Å². The van der Waals surface area contributed by atoms with E-state index in [-0.39, 0.29) is 0 Å². The van der Waals surface area contributed by atoms with Crippen molar-refractivity contribution in [3.63, 3.8) is 0 Å². The van der Waals surface area contributed by atoms with Crippen LogP contribution >= 0.6 is 22.0 Å². The maximum Gasteiger partial charge on any atom is 0.344 e. The van der Waals surface area contributed by atoms with Gasteiger partial charge in [-0.05, 0) is 11.3 Å². The van der Waals surface area contributed by atoms with E-state index in [1.165, 1.54) is 0 Å². The van der Waals surface area contributed by atoms with Crippen molar-refractivity contribution < 1.29 is 21.8 Å². The Morgan fingerprint density at radius 2 is 1.94 bits per heavy atom. The van der Waals surface area contributed by atoms with Crippen molar-refractivity contribution >= 4 is 45.9 Å². The molecule has 1 aromatic heterocycles. The fourth-order valence-corrected chi connectivity index (χ4v) is 4.88. The van der Waals surface area contributed by atoms with Crippen LogP contribution in [0.1, 0.15) is 0 Å². The van der Waals surface area contributed by atoms with Gasteiger partial charge < -0.3 is 0 Å². The number of aromatic nitrogens is 1. The van der Waals surface area contributed by atoms with E-state index in [4.69, 9.17) is 10.7 Å². The molecule has 1 heterocycles. The molecule has 17 heavy (non-hydrogen) atoms. The maximum atomic E-state index is 11.5. The van der Waals surface area contributed by atoms with Crippen molar-refractivity contribution in [3.05, 3.63) is 16.3 Å². The maximum absolute atomic E-state index is 11.5. The Labute approximate surface area is 105 Å². The Bertz CT molecular complexity index is 632. The van der Waals surface area contributed by atoms with Crippen molar-refractivity contribution in [2.24, 2.45) is 0 Å². The molecule has 0 amide bonds. The number of nitrogens with zero attached hydrogens (tertiary/aromatic N) is 2. The van der Waals surface area contributed by atoms with Crippen LogP contribution in [-0.2, 0) is 18.9 Å². The summed E-state index contributed by atoms with van der Waals surface area (Å²) in [7, 11) is -3.04. The van der Waals surface area contributed by atoms with Gasteiger partial charge in [0.25, 0.3) is 0 Å². The lowest BCUT2D eigenvalue weighted by Gasteiger charge is -1.97. The van der Waals surface area contributed by atoms with E-state index in [1.54, 1.807) is 0 Å². The minimum Gasteiger partial charge on any atom is -0.257 e. The predicted molar refractivity (Wildman–Crippen MR) is 60.5 cm³/mol. The van der Waals surface area contributed by atoms with Crippen molar-refractivity contribution in [1.82, 2.24) is 4.98 Å². The largest absolute Gasteiger partial charge is 0.344 e. The second-order valence-electron chi connectivity index (χ2n) is 2.78. The molecule has 0 bridgehead atoms. The second kappa shape index (κ2) is 4.84. The molecule has 8 nitrogen and oxygen atoms in total. The van der Waals surface area contributed by atoms with E-state index in [0.717, 1.165) is 6.20 Å². The first-order valence-electron chi connectivity index (χ1n) is 3.87. The zero-order valence-corrected chi connectivity index (χ0v) is 11.1. The van der Waals surface area contributed by atoms with Gasteiger partial charge in [0.05, 0.1) is 16.4 Å². The summed E-state index contributed by atoms with van der Waals surface area (Å²) in [5.74, 6) is -1.53. The molecular formula is C5H5ClN2O6S3. The van der Waals surface area contributed by atoms with Crippen LogP contribution in [0.4, 0.5) is 5.00 Å². The highest BCUT2D eigenvalue weighted by molar-refractivity contribution is 8.14. The molecule has 96 valence electrons. The van der Waals surface area contributed by atoms with Crippen LogP contribution in [0.5, 0.6) is 0 Å². The number of sulfone groups is 1. The standard InChI is InChI=1S/C5H5ClN2O6S3/c6-17(13,14)2-1-16(11,12)5-7-3-4(15-5)8(9)10/h3H,1-2H2. The fourth-order valence-electron chi connectivity index (χ4n) is 0.775. The highest BCUT2D eigenvalue weighted by Gasteiger charge is 2.24. The minimum atomic E-state index is -3.97. The molecular weight excluding hydrogens is 316 g/mol. The van der Waals surface area contributed by atoms with Crippen molar-refractivity contribution in [1.29, 1.82) is 0 Å². The van der Waals surface area contributed by atoms with Crippen LogP contribution in [0, 0.1) is 10.1 Å². The Balaban J connectivity index is 2.94. The van der Waals surface area contributed by atoms with Gasteiger partial charge in [0.2, 0.25) is 23.2 Å². The lowest BCUT2D eigenvalue weighted by molar-refractivity contribution is -0.380. The predicted octanol–water partition coefficient (Wildman–Crippen LogP) is 0.394. The van der Waals surface area contributed by atoms with Gasteiger partial charge in [-0.2, -0.15) is 0 Å². The SMILES string of the molecule is O=[N+]([O-])c1cnc(S(=O)(=O)CCS(=O)(=O)Cl)s1. The number of rotatable bonds is 5. The Hall–Kier alpha value is -0.780. The highest BCUT2D eigenvalue weighted by Crippen LogP contribution is 2.25. The summed E-state index contributed by atoms with van der Waals surface area (Å²) in [6.07, 6.45) is 0.798. The zero-order valence-electron chi connectivity index (χ0n) is 7.94. The quantitative estimate of drug-likeness (QED) is 0.436. The smallest absolute Gasteiger partial charge is 0.257 e. The Morgan fingerprint density at radius 1 is 1.35 bits per heavy atom. The third kappa shape index (κ3) is 4.18. The number of hydrogen-bond acceptors (Lipinski definition) is 8. The summed E-state index contributed by atoms with van der Waals surface area (Å²) in [4.78, 5) is 12.9. The van der Waals surface area contributed by atoms with Gasteiger partial charge in [-0.3, -0.25) is 10.1 Å². The molecule has 12 heteroatoms. The van der Waals surface area contributed by atoms with E-state index in [2.05, 4.69) is 4.98 Å². The summed E-state index contributed by atoms with van der Waals surface area (Å²) in [6.45, 7) is 0. The molecule has 0 fully saturated rings. The molecule has 0 aliphatic carbocycles. The molecule has 0 radical (unpaired) electrons. The topological polar surface area (TPSA) is 124 Å². The van der Waals surface area contributed by atoms with Crippen LogP contribution in [0.15, 0.2) is 10.5 Å². The van der Waals surface area contributed by atoms with E-state index in [0.29, 0.717) is 11.3 Å². The number of halogens is 1. The van der Waals surface area contributed by atoms with Gasteiger partial charge in [-0.25, -0.2) is 21.8 Å². The third-order valence-corrected chi connectivity index (χ3v) is 6.06. The zero-order chi connectivity index (χ0) is 13.3. The highest BCUT2D eigenvalue weighted by atomic mass is 35.7. The first kappa shape index (κ1) is 14.3. The molecule has 0 atom stereocenters. The minimum absolute atomic E-state index is 0.362. The number of thiazole rings is 1. The molecule has 0 spiro atoms. The normalized spacial score (nSPS) is 12.5. The van der Waals surface area contributed by atoms with E-state index >= 15 is 0 Å². The summed E-state index contributed by atoms with van der Waals surface area (Å²) in [6, 6.07) is 0. The molecule has 0 unspecified atom stereocenters. The first-order chi connectivity index (χ1) is 7.62. The lowest BCUT2D eigenvalue weighted by atomic mass is 10.9. The molecule has 0 aromatic carbocycles. The van der Waals surface area contributed by atoms with E-state index in [1.807, 2.05) is 0 Å². The molecule has 0 saturated carbocycles. The molecule has 1 rings (SSSR count).